The molecule has 0 fully saturated rings. The van der Waals surface area contributed by atoms with E-state index in [1.54, 1.807) is 27.7 Å². The van der Waals surface area contributed by atoms with Crippen LogP contribution in [0.2, 0.25) is 0 Å². The molecule has 1 atom stereocenters. The third kappa shape index (κ3) is 6.56. The number of benzene rings is 1. The molecular weight excluding hydrogens is 287 g/mol. The molecule has 0 heterocycles. The summed E-state index contributed by atoms with van der Waals surface area (Å²) in [5, 5.41) is 5.24. The molecule has 2 amide bonds. The quantitative estimate of drug-likeness (QED) is 0.843. The van der Waals surface area contributed by atoms with E-state index in [0.717, 1.165) is 0 Å². The number of hydrogen-bond acceptors (Lipinski definition) is 3. The smallest absolute Gasteiger partial charge is 0.239 e. The van der Waals surface area contributed by atoms with E-state index < -0.39 is 5.41 Å². The number of hydrogen-bond donors (Lipinski definition) is 2. The van der Waals surface area contributed by atoms with Crippen LogP contribution >= 0.6 is 0 Å². The maximum absolute atomic E-state index is 12.8. The topological polar surface area (TPSA) is 67.4 Å². The van der Waals surface area contributed by atoms with Crippen molar-refractivity contribution in [1.29, 1.82) is 0 Å². The van der Waals surface area contributed by atoms with Crippen LogP contribution in [0.5, 0.6) is 5.75 Å². The Kier molecular flexibility index (Phi) is 6.34. The predicted molar refractivity (Wildman–Crippen MR) is 82.0 cm³/mol. The van der Waals surface area contributed by atoms with Gasteiger partial charge in [-0.25, -0.2) is 4.39 Å². The van der Waals surface area contributed by atoms with Gasteiger partial charge in [-0.05, 0) is 31.2 Å². The number of ether oxygens (including phenoxy) is 1. The molecule has 0 aliphatic carbocycles. The molecule has 0 bridgehead atoms. The Hall–Kier alpha value is -2.11. The summed E-state index contributed by atoms with van der Waals surface area (Å²) in [6.07, 6.45) is -0.271. The third-order valence-corrected chi connectivity index (χ3v) is 2.83. The summed E-state index contributed by atoms with van der Waals surface area (Å²) >= 11 is 0. The third-order valence-electron chi connectivity index (χ3n) is 2.83. The normalized spacial score (nSPS) is 12.4. The van der Waals surface area contributed by atoms with Crippen molar-refractivity contribution in [3.63, 3.8) is 0 Å². The van der Waals surface area contributed by atoms with Gasteiger partial charge in [0.15, 0.2) is 0 Å². The number of halogens is 1. The van der Waals surface area contributed by atoms with Crippen LogP contribution in [-0.4, -0.2) is 31.0 Å². The largest absolute Gasteiger partial charge is 0.489 e. The molecule has 6 heteroatoms. The van der Waals surface area contributed by atoms with Crippen molar-refractivity contribution in [2.24, 2.45) is 5.41 Å². The predicted octanol–water partition coefficient (Wildman–Crippen LogP) is 1.87. The highest BCUT2D eigenvalue weighted by molar-refractivity contribution is 5.87. The lowest BCUT2D eigenvalue weighted by Gasteiger charge is -2.18. The maximum atomic E-state index is 12.8. The highest BCUT2D eigenvalue weighted by Gasteiger charge is 2.21. The molecular formula is C16H23FN2O3. The Morgan fingerprint density at radius 1 is 1.18 bits per heavy atom. The zero-order valence-corrected chi connectivity index (χ0v) is 13.4. The molecule has 0 spiro atoms. The second-order valence-electron chi connectivity index (χ2n) is 6.12. The van der Waals surface area contributed by atoms with Gasteiger partial charge in [0, 0.05) is 5.41 Å². The van der Waals surface area contributed by atoms with E-state index in [2.05, 4.69) is 10.6 Å². The van der Waals surface area contributed by atoms with E-state index in [1.165, 1.54) is 24.3 Å². The first-order valence-electron chi connectivity index (χ1n) is 7.15. The number of nitrogens with one attached hydrogen (secondary N) is 2. The molecule has 0 aliphatic rings. The lowest BCUT2D eigenvalue weighted by atomic mass is 9.96. The Morgan fingerprint density at radius 3 is 2.32 bits per heavy atom. The minimum absolute atomic E-state index is 0.0701. The van der Waals surface area contributed by atoms with Gasteiger partial charge in [0.2, 0.25) is 11.8 Å². The summed E-state index contributed by atoms with van der Waals surface area (Å²) in [7, 11) is 0. The fourth-order valence-electron chi connectivity index (χ4n) is 1.53. The van der Waals surface area contributed by atoms with E-state index in [4.69, 9.17) is 4.74 Å². The van der Waals surface area contributed by atoms with Crippen molar-refractivity contribution in [2.75, 3.05) is 13.1 Å². The van der Waals surface area contributed by atoms with Gasteiger partial charge in [-0.1, -0.05) is 20.8 Å². The first-order chi connectivity index (χ1) is 10.2. The van der Waals surface area contributed by atoms with Gasteiger partial charge in [0.1, 0.15) is 17.7 Å². The fourth-order valence-corrected chi connectivity index (χ4v) is 1.53. The minimum atomic E-state index is -0.529. The molecule has 0 aliphatic heterocycles. The average Bonchev–Trinajstić information content (AvgIpc) is 2.44. The summed E-state index contributed by atoms with van der Waals surface area (Å²) in [4.78, 5) is 23.3. The Labute approximate surface area is 130 Å². The van der Waals surface area contributed by atoms with Gasteiger partial charge in [0.25, 0.3) is 0 Å². The van der Waals surface area contributed by atoms with Crippen LogP contribution in [-0.2, 0) is 9.59 Å². The zero-order chi connectivity index (χ0) is 16.8. The standard InChI is InChI=1S/C16H23FN2O3/c1-11(22-13-7-5-12(17)6-8-13)9-18-14(20)10-19-15(21)16(2,3)4/h5-8,11H,9-10H2,1-4H3,(H,18,20)(H,19,21)/t11-/m1/s1. The molecule has 0 saturated heterocycles. The Bertz CT molecular complexity index is 509. The minimum Gasteiger partial charge on any atom is -0.489 e. The lowest BCUT2D eigenvalue weighted by Crippen LogP contribution is -2.43. The van der Waals surface area contributed by atoms with Crippen molar-refractivity contribution in [3.05, 3.63) is 30.1 Å². The van der Waals surface area contributed by atoms with E-state index in [0.29, 0.717) is 12.3 Å². The molecule has 5 nitrogen and oxygen atoms in total. The number of amides is 2. The van der Waals surface area contributed by atoms with Crippen LogP contribution in [0.3, 0.4) is 0 Å². The summed E-state index contributed by atoms with van der Waals surface area (Å²) in [5.74, 6) is -0.266. The van der Waals surface area contributed by atoms with Gasteiger partial charge in [0.05, 0.1) is 13.1 Å². The monoisotopic (exact) mass is 310 g/mol. The molecule has 0 saturated carbocycles. The van der Waals surface area contributed by atoms with Crippen LogP contribution < -0.4 is 15.4 Å². The van der Waals surface area contributed by atoms with E-state index >= 15 is 0 Å². The van der Waals surface area contributed by atoms with Crippen LogP contribution in [0, 0.1) is 11.2 Å². The van der Waals surface area contributed by atoms with Crippen molar-refractivity contribution >= 4 is 11.8 Å². The molecule has 0 radical (unpaired) electrons. The molecule has 22 heavy (non-hydrogen) atoms. The second-order valence-corrected chi connectivity index (χ2v) is 6.12. The van der Waals surface area contributed by atoms with Crippen molar-refractivity contribution in [3.8, 4) is 5.75 Å². The molecule has 1 aromatic carbocycles. The number of carbonyl (C=O) groups is 2. The first kappa shape index (κ1) is 17.9. The number of rotatable bonds is 6. The van der Waals surface area contributed by atoms with Gasteiger partial charge in [-0.3, -0.25) is 9.59 Å². The van der Waals surface area contributed by atoms with E-state index in [-0.39, 0.29) is 30.3 Å². The van der Waals surface area contributed by atoms with Crippen molar-refractivity contribution < 1.29 is 18.7 Å². The van der Waals surface area contributed by atoms with Gasteiger partial charge in [-0.2, -0.15) is 0 Å². The second kappa shape index (κ2) is 7.77. The van der Waals surface area contributed by atoms with Crippen LogP contribution in [0.4, 0.5) is 4.39 Å². The molecule has 122 valence electrons. The van der Waals surface area contributed by atoms with E-state index in [1.807, 2.05) is 0 Å². The average molecular weight is 310 g/mol. The molecule has 0 unspecified atom stereocenters. The zero-order valence-electron chi connectivity index (χ0n) is 13.4. The number of carbonyl (C=O) groups excluding carboxylic acids is 2. The van der Waals surface area contributed by atoms with Crippen LogP contribution in [0.15, 0.2) is 24.3 Å². The lowest BCUT2D eigenvalue weighted by molar-refractivity contribution is -0.131. The van der Waals surface area contributed by atoms with E-state index in [9.17, 15) is 14.0 Å². The highest BCUT2D eigenvalue weighted by Crippen LogP contribution is 2.13. The molecule has 1 aromatic rings. The van der Waals surface area contributed by atoms with Crippen molar-refractivity contribution in [1.82, 2.24) is 10.6 Å². The summed E-state index contributed by atoms with van der Waals surface area (Å²) < 4.78 is 18.3. The molecule has 0 aromatic heterocycles. The first-order valence-corrected chi connectivity index (χ1v) is 7.15. The van der Waals surface area contributed by atoms with Crippen LogP contribution in [0.1, 0.15) is 27.7 Å². The van der Waals surface area contributed by atoms with Gasteiger partial charge >= 0.3 is 0 Å². The maximum Gasteiger partial charge on any atom is 0.239 e. The summed E-state index contributed by atoms with van der Waals surface area (Å²) in [6, 6.07) is 5.67. The molecule has 1 rings (SSSR count). The van der Waals surface area contributed by atoms with Gasteiger partial charge < -0.3 is 15.4 Å². The summed E-state index contributed by atoms with van der Waals surface area (Å²) in [6.45, 7) is 7.34. The van der Waals surface area contributed by atoms with Gasteiger partial charge in [-0.15, -0.1) is 0 Å². The Morgan fingerprint density at radius 2 is 1.77 bits per heavy atom. The van der Waals surface area contributed by atoms with Crippen LogP contribution in [0.25, 0.3) is 0 Å². The highest BCUT2D eigenvalue weighted by atomic mass is 19.1. The fraction of sp³-hybridized carbons (Fsp3) is 0.500. The molecule has 2 N–H and O–H groups in total. The van der Waals surface area contributed by atoms with Crippen molar-refractivity contribution in [2.45, 2.75) is 33.8 Å². The SMILES string of the molecule is C[C@H](CNC(=O)CNC(=O)C(C)(C)C)Oc1ccc(F)cc1. The summed E-state index contributed by atoms with van der Waals surface area (Å²) in [5.41, 5.74) is -0.529. The Balaban J connectivity index is 2.28.